The fourth-order valence-corrected chi connectivity index (χ4v) is 5.39. The van der Waals surface area contributed by atoms with Gasteiger partial charge in [-0.05, 0) is 31.2 Å². The zero-order valence-electron chi connectivity index (χ0n) is 26.6. The van der Waals surface area contributed by atoms with E-state index in [0.29, 0.717) is 39.4 Å². The third kappa shape index (κ3) is 9.78. The molecule has 12 heteroatoms. The maximum absolute atomic E-state index is 12.6. The Morgan fingerprint density at radius 3 is 2.52 bits per heavy atom. The van der Waals surface area contributed by atoms with Crippen LogP contribution in [0, 0.1) is 0 Å². The van der Waals surface area contributed by atoms with Crippen LogP contribution < -0.4 is 21.1 Å². The molecule has 3 heterocycles. The molecule has 0 saturated carbocycles. The number of benzene rings is 1. The maximum atomic E-state index is 12.6. The maximum Gasteiger partial charge on any atom is 0.224 e. The van der Waals surface area contributed by atoms with Crippen molar-refractivity contribution < 1.29 is 19.0 Å². The van der Waals surface area contributed by atoms with Gasteiger partial charge in [0.05, 0.1) is 52.0 Å². The molecule has 4 N–H and O–H groups in total. The minimum absolute atomic E-state index is 0.150. The number of nitrogen functional groups attached to an aromatic ring is 1. The molecule has 0 spiro atoms. The number of unbranched alkanes of at least 4 members (excludes halogenated alkanes) is 2. The van der Waals surface area contributed by atoms with Crippen molar-refractivity contribution in [3.05, 3.63) is 41.6 Å². The molecule has 242 valence electrons. The Hall–Kier alpha value is -3.45. The molecule has 0 bridgehead atoms. The molecule has 1 fully saturated rings. The summed E-state index contributed by atoms with van der Waals surface area (Å²) in [4.78, 5) is 25.9. The average molecular weight is 611 g/mol. The zero-order valence-corrected chi connectivity index (χ0v) is 26.6. The summed E-state index contributed by atoms with van der Waals surface area (Å²) in [7, 11) is 3.61. The second kappa shape index (κ2) is 17.7. The molecule has 0 atom stereocenters. The molecule has 1 aromatic carbocycles. The van der Waals surface area contributed by atoms with E-state index in [1.165, 1.54) is 12.0 Å². The Balaban J connectivity index is 1.28. The van der Waals surface area contributed by atoms with E-state index in [0.717, 1.165) is 86.8 Å². The number of carbonyl (C=O) groups is 1. The van der Waals surface area contributed by atoms with Gasteiger partial charge in [-0.15, -0.1) is 0 Å². The number of nitrogens with one attached hydrogen (secondary N) is 2. The van der Waals surface area contributed by atoms with Gasteiger partial charge in [0.1, 0.15) is 11.3 Å². The number of anilines is 2. The van der Waals surface area contributed by atoms with Crippen LogP contribution in [0.4, 0.5) is 11.8 Å². The fourth-order valence-electron chi connectivity index (χ4n) is 5.39. The number of rotatable bonds is 19. The summed E-state index contributed by atoms with van der Waals surface area (Å²) in [6.07, 6.45) is 5.83. The molecule has 1 aliphatic rings. The van der Waals surface area contributed by atoms with Crippen LogP contribution in [0.3, 0.4) is 0 Å². The number of fused-ring (bicyclic) bond motifs is 1. The minimum Gasteiger partial charge on any atom is -0.496 e. The van der Waals surface area contributed by atoms with Gasteiger partial charge in [-0.3, -0.25) is 9.69 Å². The molecule has 2 aromatic heterocycles. The first-order valence-corrected chi connectivity index (χ1v) is 15.8. The highest BCUT2D eigenvalue weighted by Crippen LogP contribution is 2.27. The Kier molecular flexibility index (Phi) is 13.5. The smallest absolute Gasteiger partial charge is 0.224 e. The van der Waals surface area contributed by atoms with Crippen molar-refractivity contribution in [1.82, 2.24) is 29.7 Å². The standard InChI is InChI=1S/C32H50N8O4/c1-4-5-6-11-35-31-30-27(36-32(33)37-31)9-13-40(30)24-26-8-7-25(22-28(26)42-3)23-38-14-16-39(17-15-38)29(41)10-18-43-20-21-44-19-12-34-2/h7-9,13,22,34H,4-6,10-12,14-21,23-24H2,1-3H3,(H3,33,35,36,37). The molecule has 0 radical (unpaired) electrons. The lowest BCUT2D eigenvalue weighted by Gasteiger charge is -2.35. The van der Waals surface area contributed by atoms with Crippen LogP contribution in [0.2, 0.25) is 0 Å². The second-order valence-corrected chi connectivity index (χ2v) is 11.1. The number of hydrogen-bond acceptors (Lipinski definition) is 10. The Labute approximate surface area is 261 Å². The van der Waals surface area contributed by atoms with E-state index in [9.17, 15) is 4.79 Å². The quantitative estimate of drug-likeness (QED) is 0.174. The van der Waals surface area contributed by atoms with Crippen LogP contribution in [-0.2, 0) is 27.4 Å². The molecule has 1 aliphatic heterocycles. The molecule has 1 amide bonds. The second-order valence-electron chi connectivity index (χ2n) is 11.1. The first kappa shape index (κ1) is 33.4. The number of methoxy groups -OCH3 is 1. The number of carbonyl (C=O) groups excluding carboxylic acids is 1. The van der Waals surface area contributed by atoms with Gasteiger partial charge < -0.3 is 40.0 Å². The lowest BCUT2D eigenvalue weighted by molar-refractivity contribution is -0.134. The van der Waals surface area contributed by atoms with Crippen molar-refractivity contribution in [2.24, 2.45) is 0 Å². The van der Waals surface area contributed by atoms with E-state index in [2.05, 4.69) is 55.2 Å². The molecular weight excluding hydrogens is 560 g/mol. The Morgan fingerprint density at radius 1 is 0.977 bits per heavy atom. The van der Waals surface area contributed by atoms with E-state index in [1.807, 2.05) is 24.2 Å². The van der Waals surface area contributed by atoms with Crippen LogP contribution in [-0.4, -0.2) is 110 Å². The van der Waals surface area contributed by atoms with Crippen molar-refractivity contribution in [1.29, 1.82) is 0 Å². The van der Waals surface area contributed by atoms with E-state index in [-0.39, 0.29) is 11.9 Å². The van der Waals surface area contributed by atoms with E-state index < -0.39 is 0 Å². The highest BCUT2D eigenvalue weighted by atomic mass is 16.5. The van der Waals surface area contributed by atoms with Crippen molar-refractivity contribution in [2.75, 3.05) is 90.9 Å². The summed E-state index contributed by atoms with van der Waals surface area (Å²) in [5.41, 5.74) is 10.0. The number of aromatic nitrogens is 3. The van der Waals surface area contributed by atoms with Gasteiger partial charge in [0.2, 0.25) is 11.9 Å². The summed E-state index contributed by atoms with van der Waals surface area (Å²) in [5.74, 6) is 2.03. The predicted molar refractivity (Wildman–Crippen MR) is 174 cm³/mol. The zero-order chi connectivity index (χ0) is 31.1. The summed E-state index contributed by atoms with van der Waals surface area (Å²) in [6.45, 7) is 10.6. The normalized spacial score (nSPS) is 13.9. The summed E-state index contributed by atoms with van der Waals surface area (Å²) >= 11 is 0. The predicted octanol–water partition coefficient (Wildman–Crippen LogP) is 2.96. The number of likely N-dealkylation sites (N-methyl/N-ethyl adjacent to an activating group) is 1. The van der Waals surface area contributed by atoms with Crippen molar-refractivity contribution in [2.45, 2.75) is 45.7 Å². The highest BCUT2D eigenvalue weighted by molar-refractivity contribution is 5.87. The first-order valence-electron chi connectivity index (χ1n) is 15.8. The third-order valence-electron chi connectivity index (χ3n) is 7.85. The first-order chi connectivity index (χ1) is 21.5. The fraction of sp³-hybridized carbons (Fsp3) is 0.594. The van der Waals surface area contributed by atoms with Gasteiger partial charge in [-0.1, -0.05) is 31.9 Å². The number of hydrogen-bond donors (Lipinski definition) is 3. The number of nitrogens with zero attached hydrogens (tertiary/aromatic N) is 5. The van der Waals surface area contributed by atoms with Gasteiger partial charge in [0, 0.05) is 57.6 Å². The molecule has 0 unspecified atom stereocenters. The summed E-state index contributed by atoms with van der Waals surface area (Å²) in [5, 5.41) is 6.50. The Bertz CT molecular complexity index is 1310. The van der Waals surface area contributed by atoms with Crippen molar-refractivity contribution in [3.8, 4) is 5.75 Å². The molecule has 3 aromatic rings. The number of piperazine rings is 1. The van der Waals surface area contributed by atoms with Crippen molar-refractivity contribution in [3.63, 3.8) is 0 Å². The minimum atomic E-state index is 0.150. The van der Waals surface area contributed by atoms with Crippen LogP contribution in [0.25, 0.3) is 11.0 Å². The number of amides is 1. The Morgan fingerprint density at radius 2 is 1.77 bits per heavy atom. The lowest BCUT2D eigenvalue weighted by atomic mass is 10.1. The van der Waals surface area contributed by atoms with Crippen molar-refractivity contribution >= 4 is 28.7 Å². The van der Waals surface area contributed by atoms with E-state index in [1.54, 1.807) is 7.11 Å². The average Bonchev–Trinajstić information content (AvgIpc) is 3.43. The van der Waals surface area contributed by atoms with Gasteiger partial charge in [0.25, 0.3) is 0 Å². The summed E-state index contributed by atoms with van der Waals surface area (Å²) < 4.78 is 19.0. The third-order valence-corrected chi connectivity index (χ3v) is 7.85. The number of nitrogens with two attached hydrogens (primary N) is 1. The van der Waals surface area contributed by atoms with Gasteiger partial charge in [0.15, 0.2) is 5.82 Å². The molecule has 12 nitrogen and oxygen atoms in total. The largest absolute Gasteiger partial charge is 0.496 e. The topological polar surface area (TPSA) is 132 Å². The number of ether oxygens (including phenoxy) is 3. The molecule has 1 saturated heterocycles. The van der Waals surface area contributed by atoms with Crippen LogP contribution in [0.15, 0.2) is 30.5 Å². The molecule has 0 aliphatic carbocycles. The SMILES string of the molecule is CCCCCNc1nc(N)nc2ccn(Cc3ccc(CN4CCN(C(=O)CCOCCOCCNC)CC4)cc3OC)c12. The van der Waals surface area contributed by atoms with Crippen LogP contribution in [0.5, 0.6) is 5.75 Å². The van der Waals surface area contributed by atoms with Crippen LogP contribution >= 0.6 is 0 Å². The lowest BCUT2D eigenvalue weighted by Crippen LogP contribution is -2.48. The molecule has 4 rings (SSSR count). The molecule has 44 heavy (non-hydrogen) atoms. The summed E-state index contributed by atoms with van der Waals surface area (Å²) in [6, 6.07) is 8.40. The van der Waals surface area contributed by atoms with Crippen LogP contribution in [0.1, 0.15) is 43.7 Å². The monoisotopic (exact) mass is 610 g/mol. The van der Waals surface area contributed by atoms with Gasteiger partial charge >= 0.3 is 0 Å². The van der Waals surface area contributed by atoms with E-state index >= 15 is 0 Å². The van der Waals surface area contributed by atoms with Gasteiger partial charge in [-0.2, -0.15) is 4.98 Å². The van der Waals surface area contributed by atoms with E-state index in [4.69, 9.17) is 19.9 Å². The van der Waals surface area contributed by atoms with Gasteiger partial charge in [-0.25, -0.2) is 4.98 Å². The molecular formula is C32H50N8O4. The highest BCUT2D eigenvalue weighted by Gasteiger charge is 2.21.